The number of rotatable bonds is 0. The fourth-order valence-corrected chi connectivity index (χ4v) is 0. The van der Waals surface area contributed by atoms with Gasteiger partial charge in [0.15, 0.2) is 0 Å². The van der Waals surface area contributed by atoms with Crippen LogP contribution in [0.5, 0.6) is 0 Å². The third kappa shape index (κ3) is 8.97. The van der Waals surface area contributed by atoms with Crippen molar-refractivity contribution in [2.24, 2.45) is 0 Å². The van der Waals surface area contributed by atoms with E-state index >= 15 is 0 Å². The molecule has 0 rings (SSSR count). The first-order valence-electron chi connectivity index (χ1n) is 1.16. The zero-order valence-corrected chi connectivity index (χ0v) is 8.73. The van der Waals surface area contributed by atoms with E-state index in [-0.39, 0.29) is 58.2 Å². The standard InChI is InChI=1S/C2H4NO2.Rb/c1-2(4)3-5;/h1H3,(H-,3,4,5);/q-1;+1. The van der Waals surface area contributed by atoms with Gasteiger partial charge in [-0.3, -0.25) is 4.79 Å². The summed E-state index contributed by atoms with van der Waals surface area (Å²) >= 11 is 0. The molecule has 0 fully saturated rings. The number of amides is 1. The van der Waals surface area contributed by atoms with Crippen LogP contribution < -0.4 is 63.7 Å². The molecule has 0 aromatic heterocycles. The van der Waals surface area contributed by atoms with Crippen LogP contribution in [-0.2, 0) is 4.79 Å². The molecule has 0 radical (unpaired) electrons. The number of hydroxylamine groups is 1. The number of carbonyl (C=O) groups is 1. The van der Waals surface area contributed by atoms with Crippen molar-refractivity contribution in [1.29, 1.82) is 0 Å². The first-order chi connectivity index (χ1) is 2.27. The minimum absolute atomic E-state index is 0. The summed E-state index contributed by atoms with van der Waals surface area (Å²) in [5.74, 6) is -0.551. The summed E-state index contributed by atoms with van der Waals surface area (Å²) < 4.78 is 0. The fraction of sp³-hybridized carbons (Fsp3) is 0.500. The van der Waals surface area contributed by atoms with Crippen molar-refractivity contribution in [3.05, 3.63) is 5.21 Å². The average molecular weight is 160 g/mol. The summed E-state index contributed by atoms with van der Waals surface area (Å²) in [6.45, 7) is 1.16. The summed E-state index contributed by atoms with van der Waals surface area (Å²) in [4.78, 5) is 9.39. The molecule has 30 valence electrons. The Balaban J connectivity index is 0. The Morgan fingerprint density at radius 1 is 1.83 bits per heavy atom. The molecule has 0 saturated carbocycles. The fourth-order valence-electron chi connectivity index (χ4n) is 0. The second-order valence-electron chi connectivity index (χ2n) is 0.658. The molecule has 0 aromatic rings. The molecule has 3 nitrogen and oxygen atoms in total. The Labute approximate surface area is 84.9 Å². The van der Waals surface area contributed by atoms with E-state index in [0.29, 0.717) is 0 Å². The Hall–Kier alpha value is 1.24. The van der Waals surface area contributed by atoms with Crippen molar-refractivity contribution >= 4 is 5.91 Å². The molecule has 0 saturated heterocycles. The second-order valence-corrected chi connectivity index (χ2v) is 0.658. The van der Waals surface area contributed by atoms with Crippen LogP contribution in [0, 0.1) is 5.21 Å². The van der Waals surface area contributed by atoms with Gasteiger partial charge in [0, 0.05) is 6.92 Å². The van der Waals surface area contributed by atoms with Crippen LogP contribution in [0.2, 0.25) is 0 Å². The molecule has 0 bridgehead atoms. The molecule has 0 spiro atoms. The molecule has 0 aromatic carbocycles. The molecule has 0 aliphatic rings. The van der Waals surface area contributed by atoms with Crippen LogP contribution in [0.1, 0.15) is 6.92 Å². The number of nitrogens with one attached hydrogen (secondary N) is 1. The van der Waals surface area contributed by atoms with Crippen LogP contribution in [0.25, 0.3) is 0 Å². The normalized spacial score (nSPS) is 5.67. The zero-order valence-electron chi connectivity index (χ0n) is 3.82. The molecular formula is C2H4NO2Rb. The van der Waals surface area contributed by atoms with Gasteiger partial charge in [-0.05, 0) is 0 Å². The maximum atomic E-state index is 9.39. The third-order valence-electron chi connectivity index (χ3n) is 0.144. The maximum absolute atomic E-state index is 9.39. The average Bonchev–Trinajstić information content (AvgIpc) is 1.38. The topological polar surface area (TPSA) is 52.2 Å². The quantitative estimate of drug-likeness (QED) is 0.375. The molecule has 0 atom stereocenters. The molecule has 1 amide bonds. The molecule has 0 heterocycles. The molecule has 6 heavy (non-hydrogen) atoms. The third-order valence-corrected chi connectivity index (χ3v) is 0.144. The Morgan fingerprint density at radius 3 is 2.00 bits per heavy atom. The Morgan fingerprint density at radius 2 is 2.00 bits per heavy atom. The van der Waals surface area contributed by atoms with Gasteiger partial charge in [-0.15, -0.1) is 0 Å². The predicted molar refractivity (Wildman–Crippen MR) is 17.2 cm³/mol. The first-order valence-corrected chi connectivity index (χ1v) is 1.16. The monoisotopic (exact) mass is 159 g/mol. The molecule has 0 aliphatic carbocycles. The SMILES string of the molecule is CC(=O)N[O-].[Rb+]. The number of carbonyl (C=O) groups excluding carboxylic acids is 1. The first kappa shape index (κ1) is 10.3. The van der Waals surface area contributed by atoms with E-state index in [1.807, 2.05) is 0 Å². The van der Waals surface area contributed by atoms with Gasteiger partial charge < -0.3 is 10.7 Å². The zero-order chi connectivity index (χ0) is 4.28. The van der Waals surface area contributed by atoms with Gasteiger partial charge in [0.25, 0.3) is 0 Å². The summed E-state index contributed by atoms with van der Waals surface area (Å²) in [6.07, 6.45) is 0. The molecule has 1 N–H and O–H groups in total. The van der Waals surface area contributed by atoms with Crippen LogP contribution in [0.3, 0.4) is 0 Å². The van der Waals surface area contributed by atoms with Crippen molar-refractivity contribution in [1.82, 2.24) is 5.48 Å². The minimum atomic E-state index is -0.551. The van der Waals surface area contributed by atoms with Crippen molar-refractivity contribution in [3.8, 4) is 0 Å². The largest absolute Gasteiger partial charge is 1.00 e. The Bertz CT molecular complexity index is 46.8. The van der Waals surface area contributed by atoms with Gasteiger partial charge in [0.1, 0.15) is 0 Å². The van der Waals surface area contributed by atoms with E-state index in [1.165, 1.54) is 0 Å². The van der Waals surface area contributed by atoms with Gasteiger partial charge in [0.05, 0.1) is 0 Å². The van der Waals surface area contributed by atoms with E-state index in [0.717, 1.165) is 12.4 Å². The van der Waals surface area contributed by atoms with Gasteiger partial charge in [-0.1, -0.05) is 0 Å². The summed E-state index contributed by atoms with van der Waals surface area (Å²) in [5.41, 5.74) is 1.14. The Kier molecular flexibility index (Phi) is 10.7. The summed E-state index contributed by atoms with van der Waals surface area (Å²) in [6, 6.07) is 0. The van der Waals surface area contributed by atoms with E-state index in [2.05, 4.69) is 0 Å². The van der Waals surface area contributed by atoms with Crippen molar-refractivity contribution in [3.63, 3.8) is 0 Å². The van der Waals surface area contributed by atoms with E-state index in [4.69, 9.17) is 5.21 Å². The van der Waals surface area contributed by atoms with Crippen molar-refractivity contribution in [2.45, 2.75) is 6.92 Å². The van der Waals surface area contributed by atoms with Crippen LogP contribution >= 0.6 is 0 Å². The van der Waals surface area contributed by atoms with E-state index < -0.39 is 5.91 Å². The van der Waals surface area contributed by atoms with E-state index in [9.17, 15) is 4.79 Å². The van der Waals surface area contributed by atoms with Crippen LogP contribution in [-0.4, -0.2) is 5.91 Å². The van der Waals surface area contributed by atoms with Gasteiger partial charge in [0.2, 0.25) is 5.91 Å². The minimum Gasteiger partial charge on any atom is -0.759 e. The molecule has 0 unspecified atom stereocenters. The van der Waals surface area contributed by atoms with Crippen LogP contribution in [0.4, 0.5) is 0 Å². The summed E-state index contributed by atoms with van der Waals surface area (Å²) in [7, 11) is 0. The molecule has 4 heteroatoms. The number of hydrogen-bond acceptors (Lipinski definition) is 2. The van der Waals surface area contributed by atoms with Gasteiger partial charge in [-0.2, -0.15) is 0 Å². The van der Waals surface area contributed by atoms with Crippen LogP contribution in [0.15, 0.2) is 0 Å². The molecule has 0 aliphatic heterocycles. The van der Waals surface area contributed by atoms with Crippen molar-refractivity contribution in [2.75, 3.05) is 0 Å². The van der Waals surface area contributed by atoms with Gasteiger partial charge >= 0.3 is 58.2 Å². The predicted octanol–water partition coefficient (Wildman–Crippen LogP) is -3.38. The maximum Gasteiger partial charge on any atom is 1.00 e. The second kappa shape index (κ2) is 6.24. The smallest absolute Gasteiger partial charge is 0.759 e. The number of hydrogen-bond donors (Lipinski definition) is 1. The summed E-state index contributed by atoms with van der Waals surface area (Å²) in [5, 5.41) is 9.03. The molecular weight excluding hydrogens is 155 g/mol. The van der Waals surface area contributed by atoms with E-state index in [1.54, 1.807) is 0 Å². The van der Waals surface area contributed by atoms with Gasteiger partial charge in [-0.25, -0.2) is 0 Å². The van der Waals surface area contributed by atoms with Crippen molar-refractivity contribution < 1.29 is 63.0 Å².